The van der Waals surface area contributed by atoms with Crippen LogP contribution in [0.15, 0.2) is 66.7 Å². The topological polar surface area (TPSA) is 96.8 Å². The Kier molecular flexibility index (Phi) is 7.89. The smallest absolute Gasteiger partial charge is 0.435 e. The molecule has 4 aromatic rings. The quantitative estimate of drug-likeness (QED) is 0.301. The van der Waals surface area contributed by atoms with Crippen molar-refractivity contribution in [2.45, 2.75) is 12.6 Å². The fraction of sp³-hybridized carbons (Fsp3) is 0.200. The monoisotopic (exact) mass is 611 g/mol. The van der Waals surface area contributed by atoms with Crippen LogP contribution in [0.3, 0.4) is 0 Å². The highest BCUT2D eigenvalue weighted by atomic mass is 35.5. The third kappa shape index (κ3) is 5.78. The Morgan fingerprint density at radius 3 is 2.30 bits per heavy atom. The van der Waals surface area contributed by atoms with Gasteiger partial charge >= 0.3 is 6.18 Å². The lowest BCUT2D eigenvalue weighted by atomic mass is 10.0. The molecule has 1 aliphatic rings. The molecule has 43 heavy (non-hydrogen) atoms. The van der Waals surface area contributed by atoms with E-state index in [4.69, 9.17) is 16.3 Å². The molecule has 0 atom stereocenters. The molecule has 1 aromatic heterocycles. The molecule has 9 nitrogen and oxygen atoms in total. The molecule has 3 amide bonds. The van der Waals surface area contributed by atoms with Crippen LogP contribution in [0.2, 0.25) is 5.02 Å². The number of ether oxygens (including phenoxy) is 1. The standard InChI is InChI=1S/C30H25ClF3N5O4/c1-37(2)28(41)17-4-10-20(11-5-17)38-15-14-22-25(29(38)42)39(36-26(22)30(32,33)34)24-13-12-21(43-3)16-23(24)27(40)35-19-8-6-18(31)7-9-19/h4-13,16H,14-15H2,1-3H3,(H,35,40). The summed E-state index contributed by atoms with van der Waals surface area (Å²) < 4.78 is 48.7. The average molecular weight is 612 g/mol. The number of fused-ring (bicyclic) bond motifs is 1. The number of nitrogens with one attached hydrogen (secondary N) is 1. The van der Waals surface area contributed by atoms with Crippen molar-refractivity contribution in [2.24, 2.45) is 0 Å². The van der Waals surface area contributed by atoms with Gasteiger partial charge in [-0.25, -0.2) is 4.68 Å². The number of hydrogen-bond acceptors (Lipinski definition) is 5. The minimum atomic E-state index is -4.86. The SMILES string of the molecule is COc1ccc(-n2nc(C(F)(F)F)c3c2C(=O)N(c2ccc(C(=O)N(C)C)cc2)CC3)c(C(=O)Nc2ccc(Cl)cc2)c1. The van der Waals surface area contributed by atoms with Gasteiger partial charge in [0.1, 0.15) is 11.4 Å². The van der Waals surface area contributed by atoms with E-state index in [-0.39, 0.29) is 47.1 Å². The Bertz CT molecular complexity index is 1720. The summed E-state index contributed by atoms with van der Waals surface area (Å²) in [6.45, 7) is -0.0475. The van der Waals surface area contributed by atoms with E-state index in [1.54, 1.807) is 62.6 Å². The number of hydrogen-bond donors (Lipinski definition) is 1. The van der Waals surface area contributed by atoms with E-state index in [0.717, 1.165) is 4.68 Å². The maximum Gasteiger partial charge on any atom is 0.435 e. The maximum absolute atomic E-state index is 14.2. The van der Waals surface area contributed by atoms with Crippen molar-refractivity contribution in [1.82, 2.24) is 14.7 Å². The zero-order valence-electron chi connectivity index (χ0n) is 23.2. The van der Waals surface area contributed by atoms with Crippen LogP contribution in [0.5, 0.6) is 5.75 Å². The molecule has 3 aromatic carbocycles. The maximum atomic E-state index is 14.2. The molecule has 2 heterocycles. The highest BCUT2D eigenvalue weighted by Gasteiger charge is 2.43. The third-order valence-corrected chi connectivity index (χ3v) is 7.15. The summed E-state index contributed by atoms with van der Waals surface area (Å²) in [6.07, 6.45) is -5.00. The third-order valence-electron chi connectivity index (χ3n) is 6.90. The largest absolute Gasteiger partial charge is 0.497 e. The van der Waals surface area contributed by atoms with Crippen LogP contribution < -0.4 is 15.0 Å². The fourth-order valence-electron chi connectivity index (χ4n) is 4.79. The fourth-order valence-corrected chi connectivity index (χ4v) is 4.92. The van der Waals surface area contributed by atoms with Gasteiger partial charge in [-0.15, -0.1) is 0 Å². The lowest BCUT2D eigenvalue weighted by molar-refractivity contribution is -0.141. The van der Waals surface area contributed by atoms with Gasteiger partial charge in [-0.05, 0) is 73.2 Å². The lowest BCUT2D eigenvalue weighted by Gasteiger charge is -2.28. The molecule has 0 radical (unpaired) electrons. The van der Waals surface area contributed by atoms with Crippen LogP contribution in [-0.4, -0.2) is 60.2 Å². The summed E-state index contributed by atoms with van der Waals surface area (Å²) in [7, 11) is 4.59. The first-order valence-corrected chi connectivity index (χ1v) is 13.3. The van der Waals surface area contributed by atoms with E-state index in [2.05, 4.69) is 10.4 Å². The normalized spacial score (nSPS) is 13.0. The van der Waals surface area contributed by atoms with E-state index < -0.39 is 23.7 Å². The molecule has 0 saturated heterocycles. The van der Waals surface area contributed by atoms with Gasteiger partial charge in [0.15, 0.2) is 5.69 Å². The first kappa shape index (κ1) is 29.6. The number of halogens is 4. The highest BCUT2D eigenvalue weighted by molar-refractivity contribution is 6.30. The molecule has 1 aliphatic heterocycles. The van der Waals surface area contributed by atoms with Crippen molar-refractivity contribution in [3.05, 3.63) is 99.8 Å². The van der Waals surface area contributed by atoms with E-state index in [0.29, 0.717) is 22.0 Å². The number of aromatic nitrogens is 2. The molecule has 0 bridgehead atoms. The van der Waals surface area contributed by atoms with E-state index in [9.17, 15) is 27.6 Å². The van der Waals surface area contributed by atoms with Gasteiger partial charge in [-0.2, -0.15) is 18.3 Å². The number of anilines is 2. The van der Waals surface area contributed by atoms with Crippen molar-refractivity contribution in [1.29, 1.82) is 0 Å². The number of nitrogens with zero attached hydrogens (tertiary/aromatic N) is 4. The average Bonchev–Trinajstić information content (AvgIpc) is 3.39. The van der Waals surface area contributed by atoms with Crippen molar-refractivity contribution in [3.63, 3.8) is 0 Å². The molecular weight excluding hydrogens is 587 g/mol. The predicted molar refractivity (Wildman–Crippen MR) is 154 cm³/mol. The second-order valence-corrected chi connectivity index (χ2v) is 10.3. The van der Waals surface area contributed by atoms with Crippen LogP contribution in [0.4, 0.5) is 24.5 Å². The summed E-state index contributed by atoms with van der Waals surface area (Å²) in [5, 5.41) is 6.98. The molecule has 0 aliphatic carbocycles. The van der Waals surface area contributed by atoms with Crippen molar-refractivity contribution in [3.8, 4) is 11.4 Å². The van der Waals surface area contributed by atoms with Gasteiger partial charge in [0.05, 0.1) is 18.4 Å². The van der Waals surface area contributed by atoms with E-state index in [1.807, 2.05) is 0 Å². The van der Waals surface area contributed by atoms with Crippen molar-refractivity contribution in [2.75, 3.05) is 38.0 Å². The number of alkyl halides is 3. The number of methoxy groups -OCH3 is 1. The molecule has 222 valence electrons. The number of benzene rings is 3. The summed E-state index contributed by atoms with van der Waals surface area (Å²) in [4.78, 5) is 42.4. The van der Waals surface area contributed by atoms with Gasteiger partial charge in [0.25, 0.3) is 17.7 Å². The van der Waals surface area contributed by atoms with E-state index in [1.165, 1.54) is 35.1 Å². The predicted octanol–water partition coefficient (Wildman–Crippen LogP) is 5.71. The van der Waals surface area contributed by atoms with Crippen molar-refractivity contribution < 1.29 is 32.3 Å². The minimum absolute atomic E-state index is 0.0475. The lowest BCUT2D eigenvalue weighted by Crippen LogP contribution is -2.39. The first-order chi connectivity index (χ1) is 20.4. The van der Waals surface area contributed by atoms with Crippen LogP contribution in [0.25, 0.3) is 5.69 Å². The number of carbonyl (C=O) groups excluding carboxylic acids is 3. The van der Waals surface area contributed by atoms with Crippen LogP contribution in [0.1, 0.15) is 42.5 Å². The van der Waals surface area contributed by atoms with Gasteiger partial charge < -0.3 is 19.9 Å². The summed E-state index contributed by atoms with van der Waals surface area (Å²) in [5.41, 5.74) is -0.764. The van der Waals surface area contributed by atoms with Crippen LogP contribution >= 0.6 is 11.6 Å². The van der Waals surface area contributed by atoms with Gasteiger partial charge in [0, 0.05) is 48.2 Å². The molecule has 0 spiro atoms. The van der Waals surface area contributed by atoms with Crippen LogP contribution in [0, 0.1) is 0 Å². The summed E-state index contributed by atoms with van der Waals surface area (Å²) >= 11 is 5.93. The molecule has 5 rings (SSSR count). The number of rotatable bonds is 6. The molecule has 0 fully saturated rings. The Morgan fingerprint density at radius 2 is 1.70 bits per heavy atom. The second-order valence-electron chi connectivity index (χ2n) is 9.88. The molecule has 13 heteroatoms. The zero-order chi connectivity index (χ0) is 31.1. The molecule has 0 unspecified atom stereocenters. The summed E-state index contributed by atoms with van der Waals surface area (Å²) in [5.74, 6) is -1.39. The van der Waals surface area contributed by atoms with Gasteiger partial charge in [-0.3, -0.25) is 14.4 Å². The van der Waals surface area contributed by atoms with Gasteiger partial charge in [0.2, 0.25) is 0 Å². The Labute approximate surface area is 249 Å². The second kappa shape index (κ2) is 11.4. The van der Waals surface area contributed by atoms with Gasteiger partial charge in [-0.1, -0.05) is 11.6 Å². The number of amides is 3. The molecule has 1 N–H and O–H groups in total. The molecular formula is C30H25ClF3N5O4. The Balaban J connectivity index is 1.61. The number of carbonyl (C=O) groups is 3. The van der Waals surface area contributed by atoms with Crippen molar-refractivity contribution >= 4 is 40.7 Å². The Morgan fingerprint density at radius 1 is 1.02 bits per heavy atom. The minimum Gasteiger partial charge on any atom is -0.497 e. The van der Waals surface area contributed by atoms with E-state index >= 15 is 0 Å². The van der Waals surface area contributed by atoms with Crippen LogP contribution in [-0.2, 0) is 12.6 Å². The summed E-state index contributed by atoms with van der Waals surface area (Å²) in [6, 6.07) is 16.7. The zero-order valence-corrected chi connectivity index (χ0v) is 24.0. The Hall–Kier alpha value is -4.84. The highest BCUT2D eigenvalue weighted by Crippen LogP contribution is 2.38. The first-order valence-electron chi connectivity index (χ1n) is 13.0. The molecule has 0 saturated carbocycles.